The second kappa shape index (κ2) is 5.98. The van der Waals surface area contributed by atoms with Crippen molar-refractivity contribution in [2.45, 2.75) is 57.6 Å². The summed E-state index contributed by atoms with van der Waals surface area (Å²) in [7, 11) is 0. The molecule has 2 aliphatic rings. The van der Waals surface area contributed by atoms with Crippen molar-refractivity contribution in [1.82, 2.24) is 4.90 Å². The van der Waals surface area contributed by atoms with Crippen LogP contribution in [0.4, 0.5) is 13.2 Å². The Balaban J connectivity index is 1.74. The number of alkyl halides is 3. The molecule has 23 heavy (non-hydrogen) atoms. The molecule has 0 aliphatic carbocycles. The largest absolute Gasteiger partial charge is 0.573 e. The Hall–Kier alpha value is -1.27. The highest BCUT2D eigenvalue weighted by atomic mass is 19.4. The van der Waals surface area contributed by atoms with Crippen molar-refractivity contribution in [3.63, 3.8) is 0 Å². The molecule has 1 N–H and O–H groups in total. The first-order valence-corrected chi connectivity index (χ1v) is 8.08. The van der Waals surface area contributed by atoms with Gasteiger partial charge >= 0.3 is 6.36 Å². The third kappa shape index (κ3) is 3.19. The lowest BCUT2D eigenvalue weighted by Crippen LogP contribution is -2.39. The second-order valence-electron chi connectivity index (χ2n) is 6.69. The maximum atomic E-state index is 12.3. The van der Waals surface area contributed by atoms with Crippen LogP contribution in [-0.2, 0) is 6.54 Å². The Morgan fingerprint density at radius 2 is 2.13 bits per heavy atom. The van der Waals surface area contributed by atoms with Gasteiger partial charge in [0.2, 0.25) is 0 Å². The van der Waals surface area contributed by atoms with E-state index in [1.807, 2.05) is 6.07 Å². The van der Waals surface area contributed by atoms with Crippen molar-refractivity contribution in [1.29, 1.82) is 0 Å². The Bertz CT molecular complexity index is 557. The van der Waals surface area contributed by atoms with Gasteiger partial charge in [0.25, 0.3) is 0 Å². The van der Waals surface area contributed by atoms with Gasteiger partial charge in [-0.05, 0) is 43.4 Å². The molecule has 2 saturated heterocycles. The molecule has 3 nitrogen and oxygen atoms in total. The highest BCUT2D eigenvalue weighted by Gasteiger charge is 2.54. The lowest BCUT2D eigenvalue weighted by molar-refractivity contribution is -0.274. The van der Waals surface area contributed by atoms with E-state index < -0.39 is 6.36 Å². The van der Waals surface area contributed by atoms with E-state index >= 15 is 0 Å². The molecule has 3 atom stereocenters. The van der Waals surface area contributed by atoms with Crippen molar-refractivity contribution in [2.24, 2.45) is 5.41 Å². The van der Waals surface area contributed by atoms with E-state index in [1.54, 1.807) is 6.07 Å². The van der Waals surface area contributed by atoms with Gasteiger partial charge < -0.3 is 9.84 Å². The van der Waals surface area contributed by atoms with Gasteiger partial charge in [0.15, 0.2) is 0 Å². The summed E-state index contributed by atoms with van der Waals surface area (Å²) in [4.78, 5) is 2.35. The van der Waals surface area contributed by atoms with Crippen LogP contribution in [0.15, 0.2) is 24.3 Å². The van der Waals surface area contributed by atoms with Gasteiger partial charge in [-0.2, -0.15) is 0 Å². The number of rotatable bonds is 5. The lowest BCUT2D eigenvalue weighted by Gasteiger charge is -2.35. The number of fused-ring (bicyclic) bond motifs is 2. The molecule has 0 amide bonds. The van der Waals surface area contributed by atoms with Gasteiger partial charge in [-0.25, -0.2) is 0 Å². The Labute approximate surface area is 134 Å². The van der Waals surface area contributed by atoms with E-state index in [4.69, 9.17) is 0 Å². The topological polar surface area (TPSA) is 32.7 Å². The molecule has 128 valence electrons. The molecule has 0 unspecified atom stereocenters. The summed E-state index contributed by atoms with van der Waals surface area (Å²) < 4.78 is 41.0. The first-order chi connectivity index (χ1) is 10.9. The summed E-state index contributed by atoms with van der Waals surface area (Å²) in [5.41, 5.74) is 0.761. The van der Waals surface area contributed by atoms with Gasteiger partial charge in [-0.1, -0.05) is 19.1 Å². The zero-order valence-corrected chi connectivity index (χ0v) is 13.1. The molecule has 6 heteroatoms. The maximum absolute atomic E-state index is 12.3. The van der Waals surface area contributed by atoms with E-state index in [9.17, 15) is 18.3 Å². The van der Waals surface area contributed by atoms with Crippen molar-refractivity contribution in [3.8, 4) is 5.75 Å². The third-order valence-corrected chi connectivity index (χ3v) is 5.51. The van der Waals surface area contributed by atoms with Crippen LogP contribution in [-0.4, -0.2) is 35.1 Å². The molecule has 2 heterocycles. The standard InChI is InChI=1S/C17H22F3NO2/c1-2-16(11-22)9-13-6-7-15(16)21(13)10-12-4-3-5-14(8-12)23-17(18,19)20/h3-5,8,13,15,22H,2,6-7,9-11H2,1H3/t13-,15+,16-/m0/s1. The van der Waals surface area contributed by atoms with E-state index in [1.165, 1.54) is 12.1 Å². The summed E-state index contributed by atoms with van der Waals surface area (Å²) >= 11 is 0. The van der Waals surface area contributed by atoms with Crippen LogP contribution >= 0.6 is 0 Å². The van der Waals surface area contributed by atoms with Crippen molar-refractivity contribution < 1.29 is 23.0 Å². The highest BCUT2D eigenvalue weighted by Crippen LogP contribution is 2.51. The number of aliphatic hydroxyl groups excluding tert-OH is 1. The number of halogens is 3. The number of hydrogen-bond acceptors (Lipinski definition) is 3. The minimum absolute atomic E-state index is 0.0526. The summed E-state index contributed by atoms with van der Waals surface area (Å²) in [5.74, 6) is -0.176. The Morgan fingerprint density at radius 3 is 2.74 bits per heavy atom. The monoisotopic (exact) mass is 329 g/mol. The van der Waals surface area contributed by atoms with E-state index in [2.05, 4.69) is 16.6 Å². The molecular weight excluding hydrogens is 307 g/mol. The molecule has 2 bridgehead atoms. The summed E-state index contributed by atoms with van der Waals surface area (Å²) in [6.45, 7) is 2.89. The third-order valence-electron chi connectivity index (χ3n) is 5.51. The molecule has 0 saturated carbocycles. The normalized spacial score (nSPS) is 30.8. The predicted molar refractivity (Wildman–Crippen MR) is 79.9 cm³/mol. The predicted octanol–water partition coefficient (Wildman–Crippen LogP) is 3.71. The molecular formula is C17H22F3NO2. The number of aliphatic hydroxyl groups is 1. The second-order valence-corrected chi connectivity index (χ2v) is 6.69. The fourth-order valence-corrected chi connectivity index (χ4v) is 4.37. The van der Waals surface area contributed by atoms with Crippen LogP contribution in [0.3, 0.4) is 0 Å². The summed E-state index contributed by atoms with van der Waals surface area (Å²) in [6, 6.07) is 6.92. The van der Waals surface area contributed by atoms with Gasteiger partial charge in [-0.15, -0.1) is 13.2 Å². The highest BCUT2D eigenvalue weighted by molar-refractivity contribution is 5.29. The maximum Gasteiger partial charge on any atom is 0.573 e. The minimum atomic E-state index is -4.67. The zero-order valence-electron chi connectivity index (χ0n) is 13.1. The molecule has 0 spiro atoms. The van der Waals surface area contributed by atoms with Crippen molar-refractivity contribution in [2.75, 3.05) is 6.61 Å². The zero-order chi connectivity index (χ0) is 16.7. The summed E-state index contributed by atoms with van der Waals surface area (Å²) in [6.07, 6.45) is -0.607. The molecule has 3 rings (SSSR count). The van der Waals surface area contributed by atoms with Crippen LogP contribution < -0.4 is 4.74 Å². The molecule has 2 fully saturated rings. The average molecular weight is 329 g/mol. The number of benzene rings is 1. The van der Waals surface area contributed by atoms with E-state index in [0.717, 1.165) is 31.2 Å². The first-order valence-electron chi connectivity index (χ1n) is 8.08. The Kier molecular flexibility index (Phi) is 4.31. The number of nitrogens with zero attached hydrogens (tertiary/aromatic N) is 1. The van der Waals surface area contributed by atoms with Gasteiger partial charge in [0.05, 0.1) is 6.61 Å². The molecule has 1 aromatic rings. The fourth-order valence-electron chi connectivity index (χ4n) is 4.37. The van der Waals surface area contributed by atoms with Crippen LogP contribution in [0, 0.1) is 5.41 Å². The SMILES string of the molecule is CC[C@@]1(CO)C[C@@H]2CC[C@H]1N2Cc1cccc(OC(F)(F)F)c1. The lowest BCUT2D eigenvalue weighted by atomic mass is 9.72. The summed E-state index contributed by atoms with van der Waals surface area (Å²) in [5, 5.41) is 9.82. The van der Waals surface area contributed by atoms with Crippen LogP contribution in [0.1, 0.15) is 38.2 Å². The van der Waals surface area contributed by atoms with Gasteiger partial charge in [0, 0.05) is 24.0 Å². The molecule has 0 aromatic heterocycles. The van der Waals surface area contributed by atoms with Crippen molar-refractivity contribution in [3.05, 3.63) is 29.8 Å². The number of hydrogen-bond donors (Lipinski definition) is 1. The van der Waals surface area contributed by atoms with E-state index in [-0.39, 0.29) is 17.8 Å². The smallest absolute Gasteiger partial charge is 0.406 e. The van der Waals surface area contributed by atoms with Gasteiger partial charge in [0.1, 0.15) is 5.75 Å². The fraction of sp³-hybridized carbons (Fsp3) is 0.647. The molecule has 1 aromatic carbocycles. The Morgan fingerprint density at radius 1 is 1.35 bits per heavy atom. The first kappa shape index (κ1) is 16.6. The number of ether oxygens (including phenoxy) is 1. The van der Waals surface area contributed by atoms with E-state index in [0.29, 0.717) is 18.6 Å². The van der Waals surface area contributed by atoms with Crippen molar-refractivity contribution >= 4 is 0 Å². The molecule has 0 radical (unpaired) electrons. The van der Waals surface area contributed by atoms with Gasteiger partial charge in [-0.3, -0.25) is 4.90 Å². The quantitative estimate of drug-likeness (QED) is 0.894. The van der Waals surface area contributed by atoms with Crippen LogP contribution in [0.25, 0.3) is 0 Å². The van der Waals surface area contributed by atoms with Crippen LogP contribution in [0.5, 0.6) is 5.75 Å². The average Bonchev–Trinajstić information content (AvgIpc) is 3.01. The molecule has 2 aliphatic heterocycles. The minimum Gasteiger partial charge on any atom is -0.406 e. The van der Waals surface area contributed by atoms with Crippen LogP contribution in [0.2, 0.25) is 0 Å².